The third-order valence-corrected chi connectivity index (χ3v) is 3.63. The molecule has 0 aromatic carbocycles. The minimum atomic E-state index is 0.281. The summed E-state index contributed by atoms with van der Waals surface area (Å²) in [5.74, 6) is 0.865. The van der Waals surface area contributed by atoms with E-state index < -0.39 is 0 Å². The maximum absolute atomic E-state index is 2.41. The highest BCUT2D eigenvalue weighted by Gasteiger charge is 2.18. The molecule has 0 atom stereocenters. The Morgan fingerprint density at radius 3 is 2.00 bits per heavy atom. The van der Waals surface area contributed by atoms with Gasteiger partial charge in [-0.05, 0) is 37.2 Å². The molecule has 74 valence electrons. The monoisotopic (exact) mass is 188 g/mol. The van der Waals surface area contributed by atoms with Gasteiger partial charge in [0.15, 0.2) is 0 Å². The van der Waals surface area contributed by atoms with Gasteiger partial charge >= 0.3 is 0 Å². The SMILES string of the molecule is CC(C)CCC(C)(C)CP(C)C. The van der Waals surface area contributed by atoms with Crippen molar-refractivity contribution in [2.24, 2.45) is 11.3 Å². The van der Waals surface area contributed by atoms with Gasteiger partial charge in [0.1, 0.15) is 0 Å². The topological polar surface area (TPSA) is 0 Å². The molecule has 0 bridgehead atoms. The molecule has 1 heteroatoms. The Morgan fingerprint density at radius 2 is 1.67 bits per heavy atom. The van der Waals surface area contributed by atoms with Crippen molar-refractivity contribution in [3.63, 3.8) is 0 Å². The standard InChI is InChI=1S/C11H25P/c1-10(2)7-8-11(3,4)9-12(5)6/h10H,7-9H2,1-6H3. The van der Waals surface area contributed by atoms with Gasteiger partial charge in [0.2, 0.25) is 0 Å². The fourth-order valence-corrected chi connectivity index (χ4v) is 3.48. The van der Waals surface area contributed by atoms with Crippen LogP contribution < -0.4 is 0 Å². The molecular weight excluding hydrogens is 163 g/mol. The summed E-state index contributed by atoms with van der Waals surface area (Å²) in [6.07, 6.45) is 4.20. The Balaban J connectivity index is 3.71. The van der Waals surface area contributed by atoms with Gasteiger partial charge in [-0.15, -0.1) is 7.92 Å². The van der Waals surface area contributed by atoms with Gasteiger partial charge < -0.3 is 0 Å². The molecule has 0 aliphatic rings. The normalized spacial score (nSPS) is 13.0. The van der Waals surface area contributed by atoms with Crippen LogP contribution in [0.1, 0.15) is 40.5 Å². The highest BCUT2D eigenvalue weighted by atomic mass is 31.1. The molecule has 0 N–H and O–H groups in total. The van der Waals surface area contributed by atoms with Crippen LogP contribution in [0, 0.1) is 11.3 Å². The van der Waals surface area contributed by atoms with E-state index in [0.717, 1.165) is 5.92 Å². The largest absolute Gasteiger partial charge is 0.113 e. The second-order valence-electron chi connectivity index (χ2n) is 5.33. The maximum Gasteiger partial charge on any atom is -0.0279 e. The quantitative estimate of drug-likeness (QED) is 0.567. The smallest absolute Gasteiger partial charge is 0.0279 e. The van der Waals surface area contributed by atoms with Crippen LogP contribution in [0.2, 0.25) is 0 Å². The summed E-state index contributed by atoms with van der Waals surface area (Å²) in [5, 5.41) is 0. The third kappa shape index (κ3) is 7.10. The summed E-state index contributed by atoms with van der Waals surface area (Å²) in [7, 11) is 0.281. The Hall–Kier alpha value is 0.430. The van der Waals surface area contributed by atoms with Gasteiger partial charge in [0.05, 0.1) is 0 Å². The molecule has 0 aliphatic carbocycles. The van der Waals surface area contributed by atoms with E-state index in [9.17, 15) is 0 Å². The summed E-state index contributed by atoms with van der Waals surface area (Å²) < 4.78 is 0. The molecule has 0 saturated heterocycles. The van der Waals surface area contributed by atoms with Gasteiger partial charge in [-0.2, -0.15) is 0 Å². The number of hydrogen-bond donors (Lipinski definition) is 0. The average molecular weight is 188 g/mol. The zero-order valence-corrected chi connectivity index (χ0v) is 10.5. The van der Waals surface area contributed by atoms with E-state index in [0.29, 0.717) is 5.41 Å². The molecule has 0 amide bonds. The van der Waals surface area contributed by atoms with Crippen molar-refractivity contribution >= 4 is 7.92 Å². The zero-order valence-electron chi connectivity index (χ0n) is 9.65. The van der Waals surface area contributed by atoms with Crippen molar-refractivity contribution in [3.8, 4) is 0 Å². The molecule has 0 aliphatic heterocycles. The summed E-state index contributed by atoms with van der Waals surface area (Å²) >= 11 is 0. The summed E-state index contributed by atoms with van der Waals surface area (Å²) in [6.45, 7) is 14.2. The molecule has 0 rings (SSSR count). The Kier molecular flexibility index (Phi) is 5.41. The van der Waals surface area contributed by atoms with Crippen LogP contribution in [-0.2, 0) is 0 Å². The van der Waals surface area contributed by atoms with E-state index in [2.05, 4.69) is 41.0 Å². The first kappa shape index (κ1) is 12.4. The molecule has 0 spiro atoms. The van der Waals surface area contributed by atoms with Crippen LogP contribution in [0.3, 0.4) is 0 Å². The van der Waals surface area contributed by atoms with E-state index >= 15 is 0 Å². The zero-order chi connectivity index (χ0) is 9.78. The lowest BCUT2D eigenvalue weighted by Crippen LogP contribution is -2.16. The maximum atomic E-state index is 2.41. The highest BCUT2D eigenvalue weighted by Crippen LogP contribution is 2.37. The van der Waals surface area contributed by atoms with E-state index in [1.165, 1.54) is 19.0 Å². The molecule has 0 unspecified atom stereocenters. The fraction of sp³-hybridized carbons (Fsp3) is 1.00. The van der Waals surface area contributed by atoms with E-state index in [1.54, 1.807) is 0 Å². The first-order valence-corrected chi connectivity index (χ1v) is 7.40. The Bertz CT molecular complexity index is 114. The lowest BCUT2D eigenvalue weighted by Gasteiger charge is -2.27. The van der Waals surface area contributed by atoms with Crippen LogP contribution >= 0.6 is 7.92 Å². The Morgan fingerprint density at radius 1 is 1.17 bits per heavy atom. The second-order valence-corrected chi connectivity index (χ2v) is 7.81. The molecule has 0 fully saturated rings. The van der Waals surface area contributed by atoms with Crippen molar-refractivity contribution in [3.05, 3.63) is 0 Å². The van der Waals surface area contributed by atoms with Gasteiger partial charge in [-0.1, -0.05) is 34.1 Å². The summed E-state index contributed by atoms with van der Waals surface area (Å²) in [6, 6.07) is 0. The summed E-state index contributed by atoms with van der Waals surface area (Å²) in [5.41, 5.74) is 0.583. The first-order valence-electron chi connectivity index (χ1n) is 4.98. The molecule has 0 nitrogen and oxygen atoms in total. The van der Waals surface area contributed by atoms with Gasteiger partial charge in [0, 0.05) is 0 Å². The van der Waals surface area contributed by atoms with Crippen LogP contribution in [0.5, 0.6) is 0 Å². The summed E-state index contributed by atoms with van der Waals surface area (Å²) in [4.78, 5) is 0. The minimum Gasteiger partial charge on any atom is -0.113 e. The van der Waals surface area contributed by atoms with Crippen LogP contribution in [-0.4, -0.2) is 19.5 Å². The average Bonchev–Trinajstić information content (AvgIpc) is 1.81. The van der Waals surface area contributed by atoms with Crippen molar-refractivity contribution < 1.29 is 0 Å². The number of hydrogen-bond acceptors (Lipinski definition) is 0. The third-order valence-electron chi connectivity index (χ3n) is 2.14. The molecule has 0 radical (unpaired) electrons. The van der Waals surface area contributed by atoms with E-state index in [-0.39, 0.29) is 7.92 Å². The van der Waals surface area contributed by atoms with Crippen molar-refractivity contribution in [1.82, 2.24) is 0 Å². The van der Waals surface area contributed by atoms with Crippen molar-refractivity contribution in [2.45, 2.75) is 40.5 Å². The van der Waals surface area contributed by atoms with Crippen molar-refractivity contribution in [2.75, 3.05) is 19.5 Å². The van der Waals surface area contributed by atoms with Crippen LogP contribution in [0.25, 0.3) is 0 Å². The highest BCUT2D eigenvalue weighted by molar-refractivity contribution is 7.56. The molecule has 0 saturated carbocycles. The molecule has 12 heavy (non-hydrogen) atoms. The van der Waals surface area contributed by atoms with Gasteiger partial charge in [-0.3, -0.25) is 0 Å². The second kappa shape index (κ2) is 5.22. The van der Waals surface area contributed by atoms with E-state index in [4.69, 9.17) is 0 Å². The van der Waals surface area contributed by atoms with Gasteiger partial charge in [0.25, 0.3) is 0 Å². The number of rotatable bonds is 5. The lowest BCUT2D eigenvalue weighted by molar-refractivity contribution is 0.344. The predicted octanol–water partition coefficient (Wildman–Crippen LogP) is 4.19. The van der Waals surface area contributed by atoms with Gasteiger partial charge in [-0.25, -0.2) is 0 Å². The lowest BCUT2D eigenvalue weighted by atomic mass is 9.87. The fourth-order valence-electron chi connectivity index (χ4n) is 1.61. The molecule has 0 aromatic heterocycles. The van der Waals surface area contributed by atoms with Crippen LogP contribution in [0.15, 0.2) is 0 Å². The minimum absolute atomic E-state index is 0.281. The van der Waals surface area contributed by atoms with Crippen LogP contribution in [0.4, 0.5) is 0 Å². The predicted molar refractivity (Wildman–Crippen MR) is 61.5 cm³/mol. The molecule has 0 aromatic rings. The Labute approximate surface area is 79.9 Å². The van der Waals surface area contributed by atoms with Crippen molar-refractivity contribution in [1.29, 1.82) is 0 Å². The molecular formula is C11H25P. The van der Waals surface area contributed by atoms with E-state index in [1.807, 2.05) is 0 Å². The molecule has 0 heterocycles. The first-order chi connectivity index (χ1) is 5.33.